The Morgan fingerprint density at radius 2 is 1.36 bits per heavy atom. The standard InChI is InChI=1S/C24H36N6O9/c25-10-2-1-3-16(28-21(35)15(26)12-20(33)34)22(36)30-18(11-13-4-6-14(31)7-5-13)23(37)29-17(24(38)39)8-9-19(27)32/h4-7,15-18,31H,1-3,8-12,25-26H2,(H2,27,32)(H,28,35)(H,29,37)(H,30,36)(H,33,34)(H,38,39). The topological polar surface area (TPSA) is 277 Å². The predicted molar refractivity (Wildman–Crippen MR) is 137 cm³/mol. The SMILES string of the molecule is NCCCCC(NC(=O)C(N)CC(=O)O)C(=O)NC(Cc1ccc(O)cc1)C(=O)NC(CCC(N)=O)C(=O)O. The maximum absolute atomic E-state index is 13.2. The lowest BCUT2D eigenvalue weighted by Gasteiger charge is -2.25. The second-order valence-electron chi connectivity index (χ2n) is 8.89. The Morgan fingerprint density at radius 3 is 1.90 bits per heavy atom. The third kappa shape index (κ3) is 12.7. The van der Waals surface area contributed by atoms with Gasteiger partial charge in [0.15, 0.2) is 0 Å². The van der Waals surface area contributed by atoms with Gasteiger partial charge in [-0.1, -0.05) is 12.1 Å². The number of aromatic hydroxyl groups is 1. The highest BCUT2D eigenvalue weighted by Gasteiger charge is 2.31. The molecule has 0 fully saturated rings. The molecule has 0 spiro atoms. The van der Waals surface area contributed by atoms with Gasteiger partial charge in [0.25, 0.3) is 0 Å². The van der Waals surface area contributed by atoms with Crippen LogP contribution in [0.1, 0.15) is 44.1 Å². The number of hydrogen-bond donors (Lipinski definition) is 9. The van der Waals surface area contributed by atoms with Gasteiger partial charge in [-0.15, -0.1) is 0 Å². The number of amides is 4. The van der Waals surface area contributed by atoms with E-state index in [9.17, 15) is 39.0 Å². The summed E-state index contributed by atoms with van der Waals surface area (Å²) in [4.78, 5) is 72.3. The molecule has 4 atom stereocenters. The Balaban J connectivity index is 3.16. The first-order chi connectivity index (χ1) is 18.3. The number of nitrogens with two attached hydrogens (primary N) is 3. The minimum atomic E-state index is -1.47. The van der Waals surface area contributed by atoms with Gasteiger partial charge in [-0.3, -0.25) is 24.0 Å². The fourth-order valence-corrected chi connectivity index (χ4v) is 3.49. The lowest BCUT2D eigenvalue weighted by Crippen LogP contribution is -2.57. The van der Waals surface area contributed by atoms with E-state index < -0.39 is 66.2 Å². The van der Waals surface area contributed by atoms with E-state index in [4.69, 9.17) is 22.3 Å². The zero-order valence-electron chi connectivity index (χ0n) is 21.3. The lowest BCUT2D eigenvalue weighted by atomic mass is 10.0. The molecule has 0 heterocycles. The molecule has 4 amide bonds. The number of phenols is 1. The second-order valence-corrected chi connectivity index (χ2v) is 8.89. The van der Waals surface area contributed by atoms with Crippen molar-refractivity contribution in [1.82, 2.24) is 16.0 Å². The molecule has 0 saturated heterocycles. The second kappa shape index (κ2) is 16.6. The summed E-state index contributed by atoms with van der Waals surface area (Å²) >= 11 is 0. The lowest BCUT2D eigenvalue weighted by molar-refractivity contribution is -0.142. The third-order valence-corrected chi connectivity index (χ3v) is 5.61. The number of phenolic OH excluding ortho intramolecular Hbond substituents is 1. The molecule has 0 bridgehead atoms. The molecule has 0 aromatic heterocycles. The monoisotopic (exact) mass is 552 g/mol. The largest absolute Gasteiger partial charge is 0.508 e. The van der Waals surface area contributed by atoms with Crippen LogP contribution in [-0.4, -0.2) is 81.6 Å². The molecule has 216 valence electrons. The van der Waals surface area contributed by atoms with Gasteiger partial charge in [-0.05, 0) is 49.9 Å². The van der Waals surface area contributed by atoms with Crippen molar-refractivity contribution in [2.45, 2.75) is 69.1 Å². The van der Waals surface area contributed by atoms with Crippen molar-refractivity contribution < 1.29 is 44.1 Å². The highest BCUT2D eigenvalue weighted by atomic mass is 16.4. The minimum absolute atomic E-state index is 0.0402. The van der Waals surface area contributed by atoms with Crippen molar-refractivity contribution >= 4 is 35.6 Å². The molecule has 0 saturated carbocycles. The number of unbranched alkanes of at least 4 members (excludes halogenated alkanes) is 1. The van der Waals surface area contributed by atoms with E-state index in [1.54, 1.807) is 0 Å². The van der Waals surface area contributed by atoms with Crippen molar-refractivity contribution in [2.24, 2.45) is 17.2 Å². The van der Waals surface area contributed by atoms with Gasteiger partial charge in [0.1, 0.15) is 23.9 Å². The molecule has 4 unspecified atom stereocenters. The maximum atomic E-state index is 13.2. The minimum Gasteiger partial charge on any atom is -0.508 e. The Morgan fingerprint density at radius 1 is 0.795 bits per heavy atom. The molecule has 0 aliphatic rings. The van der Waals surface area contributed by atoms with Gasteiger partial charge < -0.3 is 48.5 Å². The van der Waals surface area contributed by atoms with Crippen LogP contribution >= 0.6 is 0 Å². The van der Waals surface area contributed by atoms with Crippen LogP contribution in [0.5, 0.6) is 5.75 Å². The number of carboxylic acid groups (broad SMARTS) is 2. The quantitative estimate of drug-likeness (QED) is 0.0871. The van der Waals surface area contributed by atoms with Crippen LogP contribution in [-0.2, 0) is 35.2 Å². The van der Waals surface area contributed by atoms with E-state index in [2.05, 4.69) is 16.0 Å². The zero-order valence-corrected chi connectivity index (χ0v) is 21.3. The molecular formula is C24H36N6O9. The van der Waals surface area contributed by atoms with Crippen molar-refractivity contribution in [1.29, 1.82) is 0 Å². The fourth-order valence-electron chi connectivity index (χ4n) is 3.49. The normalized spacial score (nSPS) is 13.8. The zero-order chi connectivity index (χ0) is 29.5. The van der Waals surface area contributed by atoms with Crippen LogP contribution in [0.15, 0.2) is 24.3 Å². The smallest absolute Gasteiger partial charge is 0.326 e. The summed E-state index contributed by atoms with van der Waals surface area (Å²) in [6.07, 6.45) is -0.366. The van der Waals surface area contributed by atoms with E-state index >= 15 is 0 Å². The number of carboxylic acids is 2. The van der Waals surface area contributed by atoms with Crippen molar-refractivity contribution in [3.8, 4) is 5.75 Å². The third-order valence-electron chi connectivity index (χ3n) is 5.61. The number of aliphatic carboxylic acids is 2. The summed E-state index contributed by atoms with van der Waals surface area (Å²) in [5.41, 5.74) is 16.7. The van der Waals surface area contributed by atoms with Crippen molar-refractivity contribution in [3.63, 3.8) is 0 Å². The number of nitrogens with one attached hydrogen (secondary N) is 3. The van der Waals surface area contributed by atoms with E-state index in [0.29, 0.717) is 24.9 Å². The van der Waals surface area contributed by atoms with Crippen LogP contribution in [0.4, 0.5) is 0 Å². The predicted octanol–water partition coefficient (Wildman–Crippen LogP) is -2.33. The van der Waals surface area contributed by atoms with Gasteiger partial charge in [0, 0.05) is 12.8 Å². The van der Waals surface area contributed by atoms with E-state index in [1.807, 2.05) is 0 Å². The summed E-state index contributed by atoms with van der Waals surface area (Å²) < 4.78 is 0. The van der Waals surface area contributed by atoms with Crippen LogP contribution in [0.3, 0.4) is 0 Å². The molecule has 0 radical (unpaired) electrons. The van der Waals surface area contributed by atoms with Crippen LogP contribution in [0.25, 0.3) is 0 Å². The summed E-state index contributed by atoms with van der Waals surface area (Å²) in [6, 6.07) is 0.271. The maximum Gasteiger partial charge on any atom is 0.326 e. The molecule has 39 heavy (non-hydrogen) atoms. The first-order valence-electron chi connectivity index (χ1n) is 12.2. The molecule has 15 heteroatoms. The summed E-state index contributed by atoms with van der Waals surface area (Å²) in [5.74, 6) is -6.10. The van der Waals surface area contributed by atoms with E-state index in [0.717, 1.165) is 0 Å². The van der Waals surface area contributed by atoms with Crippen LogP contribution in [0.2, 0.25) is 0 Å². The number of hydrogen-bond acceptors (Lipinski definition) is 9. The molecule has 1 rings (SSSR count). The number of carbonyl (C=O) groups is 6. The summed E-state index contributed by atoms with van der Waals surface area (Å²) in [6.45, 7) is 0.314. The first kappa shape index (κ1) is 32.8. The Bertz CT molecular complexity index is 1020. The molecule has 0 aliphatic heterocycles. The van der Waals surface area contributed by atoms with Gasteiger partial charge in [0.2, 0.25) is 23.6 Å². The number of primary amides is 1. The highest BCUT2D eigenvalue weighted by molar-refractivity contribution is 5.95. The van der Waals surface area contributed by atoms with E-state index in [-0.39, 0.29) is 31.4 Å². The fraction of sp³-hybridized carbons (Fsp3) is 0.500. The average Bonchev–Trinajstić information content (AvgIpc) is 2.85. The number of carbonyl (C=O) groups excluding carboxylic acids is 4. The number of benzene rings is 1. The van der Waals surface area contributed by atoms with Crippen molar-refractivity contribution in [3.05, 3.63) is 29.8 Å². The van der Waals surface area contributed by atoms with Gasteiger partial charge in [-0.25, -0.2) is 4.79 Å². The van der Waals surface area contributed by atoms with Gasteiger partial charge in [0.05, 0.1) is 12.5 Å². The number of rotatable bonds is 18. The molecule has 1 aromatic carbocycles. The average molecular weight is 553 g/mol. The summed E-state index contributed by atoms with van der Waals surface area (Å²) in [5, 5.41) is 35.1. The molecular weight excluding hydrogens is 516 g/mol. The molecule has 12 N–H and O–H groups in total. The first-order valence-corrected chi connectivity index (χ1v) is 12.2. The Kier molecular flexibility index (Phi) is 13.9. The molecule has 0 aliphatic carbocycles. The van der Waals surface area contributed by atoms with Crippen LogP contribution < -0.4 is 33.2 Å². The van der Waals surface area contributed by atoms with Gasteiger partial charge in [-0.2, -0.15) is 0 Å². The Labute approximate surface area is 224 Å². The summed E-state index contributed by atoms with van der Waals surface area (Å²) in [7, 11) is 0. The Hall–Kier alpha value is -4.24. The molecule has 1 aromatic rings. The highest BCUT2D eigenvalue weighted by Crippen LogP contribution is 2.12. The molecule has 15 nitrogen and oxygen atoms in total. The van der Waals surface area contributed by atoms with Crippen LogP contribution in [0, 0.1) is 0 Å². The van der Waals surface area contributed by atoms with E-state index in [1.165, 1.54) is 24.3 Å². The van der Waals surface area contributed by atoms with Crippen molar-refractivity contribution in [2.75, 3.05) is 6.54 Å². The van der Waals surface area contributed by atoms with Gasteiger partial charge >= 0.3 is 11.9 Å².